The summed E-state index contributed by atoms with van der Waals surface area (Å²) in [4.78, 5) is 26.2. The van der Waals surface area contributed by atoms with Crippen LogP contribution in [0.2, 0.25) is 0 Å². The van der Waals surface area contributed by atoms with E-state index in [-0.39, 0.29) is 11.4 Å². The van der Waals surface area contributed by atoms with Crippen molar-refractivity contribution < 1.29 is 18.0 Å². The predicted octanol–water partition coefficient (Wildman–Crippen LogP) is 2.44. The van der Waals surface area contributed by atoms with E-state index < -0.39 is 27.9 Å². The van der Waals surface area contributed by atoms with E-state index in [0.717, 1.165) is 35.3 Å². The second-order valence-electron chi connectivity index (χ2n) is 7.50. The molecule has 0 bridgehead atoms. The first kappa shape index (κ1) is 20.1. The molecule has 2 amide bonds. The Balaban J connectivity index is 1.59. The van der Waals surface area contributed by atoms with Crippen LogP contribution in [0.5, 0.6) is 0 Å². The summed E-state index contributed by atoms with van der Waals surface area (Å²) >= 11 is 1.37. The average Bonchev–Trinajstić information content (AvgIpc) is 3.37. The van der Waals surface area contributed by atoms with Crippen molar-refractivity contribution >= 4 is 38.2 Å². The summed E-state index contributed by atoms with van der Waals surface area (Å²) in [7, 11) is -3.78. The average molecular weight is 434 g/mol. The number of amides is 2. The first-order valence-electron chi connectivity index (χ1n) is 9.63. The molecule has 1 aliphatic heterocycles. The van der Waals surface area contributed by atoms with Crippen LogP contribution in [-0.4, -0.2) is 37.1 Å². The Morgan fingerprint density at radius 3 is 2.59 bits per heavy atom. The zero-order chi connectivity index (χ0) is 20.8. The molecule has 1 aromatic heterocycles. The van der Waals surface area contributed by atoms with Gasteiger partial charge in [-0.1, -0.05) is 17.7 Å². The maximum absolute atomic E-state index is 13.1. The van der Waals surface area contributed by atoms with Gasteiger partial charge in [-0.2, -0.15) is 4.31 Å². The Morgan fingerprint density at radius 2 is 1.90 bits per heavy atom. The molecule has 2 heterocycles. The first-order valence-corrected chi connectivity index (χ1v) is 11.9. The Labute approximate surface area is 174 Å². The number of nitrogens with zero attached hydrogens (tertiary/aromatic N) is 1. The van der Waals surface area contributed by atoms with Gasteiger partial charge in [0.25, 0.3) is 5.91 Å². The SMILES string of the molecule is Cc1ccc(S(=O)(=O)N2CCCC2C(=O)Nc2sc3c(c2C(N)=O)CCC3)cc1. The minimum atomic E-state index is -3.78. The fourth-order valence-electron chi connectivity index (χ4n) is 4.08. The van der Waals surface area contributed by atoms with Gasteiger partial charge in [0.2, 0.25) is 15.9 Å². The number of fused-ring (bicyclic) bond motifs is 1. The molecule has 0 saturated carbocycles. The maximum atomic E-state index is 13.1. The lowest BCUT2D eigenvalue weighted by Crippen LogP contribution is -2.43. The van der Waals surface area contributed by atoms with Crippen molar-refractivity contribution in [1.82, 2.24) is 4.31 Å². The highest BCUT2D eigenvalue weighted by Crippen LogP contribution is 2.39. The normalized spacial score (nSPS) is 19.3. The van der Waals surface area contributed by atoms with Crippen LogP contribution in [0.4, 0.5) is 5.00 Å². The highest BCUT2D eigenvalue weighted by atomic mass is 32.2. The van der Waals surface area contributed by atoms with Crippen molar-refractivity contribution in [2.45, 2.75) is 50.0 Å². The van der Waals surface area contributed by atoms with Crippen molar-refractivity contribution in [3.63, 3.8) is 0 Å². The van der Waals surface area contributed by atoms with E-state index in [1.807, 2.05) is 6.92 Å². The van der Waals surface area contributed by atoms with E-state index >= 15 is 0 Å². The summed E-state index contributed by atoms with van der Waals surface area (Å²) in [5.41, 5.74) is 7.82. The van der Waals surface area contributed by atoms with Crippen LogP contribution in [0.1, 0.15) is 45.6 Å². The van der Waals surface area contributed by atoms with Gasteiger partial charge in [0.05, 0.1) is 10.5 Å². The number of hydrogen-bond donors (Lipinski definition) is 2. The van der Waals surface area contributed by atoms with Crippen LogP contribution >= 0.6 is 11.3 Å². The van der Waals surface area contributed by atoms with Crippen molar-refractivity contribution in [1.29, 1.82) is 0 Å². The highest BCUT2D eigenvalue weighted by Gasteiger charge is 2.40. The summed E-state index contributed by atoms with van der Waals surface area (Å²) in [6.07, 6.45) is 3.66. The molecule has 1 aliphatic carbocycles. The number of hydrogen-bond acceptors (Lipinski definition) is 5. The number of thiophene rings is 1. The number of carbonyl (C=O) groups excluding carboxylic acids is 2. The lowest BCUT2D eigenvalue weighted by Gasteiger charge is -2.23. The molecule has 7 nitrogen and oxygen atoms in total. The molecule has 0 radical (unpaired) electrons. The van der Waals surface area contributed by atoms with Gasteiger partial charge in [-0.15, -0.1) is 11.3 Å². The first-order chi connectivity index (χ1) is 13.8. The van der Waals surface area contributed by atoms with Crippen LogP contribution in [0.3, 0.4) is 0 Å². The Morgan fingerprint density at radius 1 is 1.17 bits per heavy atom. The zero-order valence-electron chi connectivity index (χ0n) is 16.1. The minimum absolute atomic E-state index is 0.177. The Hall–Kier alpha value is -2.23. The Bertz CT molecular complexity index is 1070. The van der Waals surface area contributed by atoms with Gasteiger partial charge in [0, 0.05) is 11.4 Å². The van der Waals surface area contributed by atoms with Crippen molar-refractivity contribution in [2.24, 2.45) is 5.73 Å². The van der Waals surface area contributed by atoms with Gasteiger partial charge >= 0.3 is 0 Å². The standard InChI is InChI=1S/C20H23N3O4S2/c1-12-7-9-13(10-8-12)29(26,27)23-11-3-5-15(23)19(25)22-20-17(18(21)24)14-4-2-6-16(14)28-20/h7-10,15H,2-6,11H2,1H3,(H2,21,24)(H,22,25). The number of rotatable bonds is 5. The molecule has 1 aromatic carbocycles. The predicted molar refractivity (Wildman–Crippen MR) is 112 cm³/mol. The smallest absolute Gasteiger partial charge is 0.251 e. The number of benzene rings is 1. The van der Waals surface area contributed by atoms with Crippen LogP contribution in [0, 0.1) is 6.92 Å². The third-order valence-electron chi connectivity index (χ3n) is 5.54. The molecular formula is C20H23N3O4S2. The van der Waals surface area contributed by atoms with Crippen molar-refractivity contribution in [3.05, 3.63) is 45.8 Å². The van der Waals surface area contributed by atoms with E-state index in [2.05, 4.69) is 5.32 Å². The number of primary amides is 1. The summed E-state index contributed by atoms with van der Waals surface area (Å²) in [6, 6.07) is 5.80. The molecular weight excluding hydrogens is 410 g/mol. The molecule has 29 heavy (non-hydrogen) atoms. The van der Waals surface area contributed by atoms with Gasteiger partial charge in [-0.05, 0) is 56.7 Å². The molecule has 9 heteroatoms. The molecule has 2 aliphatic rings. The highest BCUT2D eigenvalue weighted by molar-refractivity contribution is 7.89. The fourth-order valence-corrected chi connectivity index (χ4v) is 7.04. The second-order valence-corrected chi connectivity index (χ2v) is 10.5. The summed E-state index contributed by atoms with van der Waals surface area (Å²) in [6.45, 7) is 2.18. The molecule has 2 aromatic rings. The van der Waals surface area contributed by atoms with Gasteiger partial charge in [-0.25, -0.2) is 8.42 Å². The van der Waals surface area contributed by atoms with Gasteiger partial charge < -0.3 is 11.1 Å². The van der Waals surface area contributed by atoms with E-state index in [4.69, 9.17) is 5.73 Å². The number of carbonyl (C=O) groups is 2. The topological polar surface area (TPSA) is 110 Å². The monoisotopic (exact) mass is 433 g/mol. The zero-order valence-corrected chi connectivity index (χ0v) is 17.7. The van der Waals surface area contributed by atoms with E-state index in [0.29, 0.717) is 23.4 Å². The lowest BCUT2D eigenvalue weighted by molar-refractivity contribution is -0.119. The third-order valence-corrected chi connectivity index (χ3v) is 8.67. The summed E-state index contributed by atoms with van der Waals surface area (Å²) < 4.78 is 27.4. The summed E-state index contributed by atoms with van der Waals surface area (Å²) in [5, 5.41) is 3.24. The molecule has 3 N–H and O–H groups in total. The molecule has 1 atom stereocenters. The quantitative estimate of drug-likeness (QED) is 0.755. The number of anilines is 1. The maximum Gasteiger partial charge on any atom is 0.251 e. The second kappa shape index (κ2) is 7.55. The molecule has 1 saturated heterocycles. The van der Waals surface area contributed by atoms with Crippen LogP contribution in [0.25, 0.3) is 0 Å². The summed E-state index contributed by atoms with van der Waals surface area (Å²) in [5.74, 6) is -0.976. The molecule has 0 spiro atoms. The molecule has 154 valence electrons. The van der Waals surface area contributed by atoms with Crippen LogP contribution in [0.15, 0.2) is 29.2 Å². The Kier molecular flexibility index (Phi) is 5.22. The number of sulfonamides is 1. The van der Waals surface area contributed by atoms with Crippen molar-refractivity contribution in [2.75, 3.05) is 11.9 Å². The van der Waals surface area contributed by atoms with Gasteiger partial charge in [0.1, 0.15) is 11.0 Å². The third kappa shape index (κ3) is 3.58. The number of nitrogens with one attached hydrogen (secondary N) is 1. The van der Waals surface area contributed by atoms with Gasteiger partial charge in [-0.3, -0.25) is 9.59 Å². The van der Waals surface area contributed by atoms with E-state index in [1.54, 1.807) is 24.3 Å². The van der Waals surface area contributed by atoms with Crippen LogP contribution in [-0.2, 0) is 27.7 Å². The van der Waals surface area contributed by atoms with E-state index in [9.17, 15) is 18.0 Å². The molecule has 1 unspecified atom stereocenters. The molecule has 4 rings (SSSR count). The van der Waals surface area contributed by atoms with Crippen molar-refractivity contribution in [3.8, 4) is 0 Å². The fraction of sp³-hybridized carbons (Fsp3) is 0.400. The van der Waals surface area contributed by atoms with E-state index in [1.165, 1.54) is 15.6 Å². The lowest BCUT2D eigenvalue weighted by atomic mass is 10.1. The number of nitrogens with two attached hydrogens (primary N) is 1. The van der Waals surface area contributed by atoms with Crippen LogP contribution < -0.4 is 11.1 Å². The van der Waals surface area contributed by atoms with Gasteiger partial charge in [0.15, 0.2) is 0 Å². The largest absolute Gasteiger partial charge is 0.365 e. The minimum Gasteiger partial charge on any atom is -0.365 e. The number of aryl methyl sites for hydroxylation is 2. The molecule has 1 fully saturated rings.